The van der Waals surface area contributed by atoms with Gasteiger partial charge < -0.3 is 9.32 Å². The Bertz CT molecular complexity index is 507. The summed E-state index contributed by atoms with van der Waals surface area (Å²) in [6.45, 7) is 2.53. The molecule has 0 spiro atoms. The van der Waals surface area contributed by atoms with Crippen molar-refractivity contribution >= 4 is 27.5 Å². The SMILES string of the molecule is CCN(C(=O)c1ccc(Br)o1)c1ccccc1. The number of benzene rings is 1. The molecule has 0 unspecified atom stereocenters. The van der Waals surface area contributed by atoms with Crippen LogP contribution in [0.3, 0.4) is 0 Å². The van der Waals surface area contributed by atoms with E-state index in [-0.39, 0.29) is 5.91 Å². The molecule has 0 aliphatic rings. The molecule has 0 aliphatic heterocycles. The van der Waals surface area contributed by atoms with Crippen LogP contribution in [0.2, 0.25) is 0 Å². The van der Waals surface area contributed by atoms with Crippen molar-refractivity contribution in [3.63, 3.8) is 0 Å². The summed E-state index contributed by atoms with van der Waals surface area (Å²) in [5.41, 5.74) is 0.868. The minimum atomic E-state index is -0.135. The van der Waals surface area contributed by atoms with Crippen molar-refractivity contribution < 1.29 is 9.21 Å². The fourth-order valence-electron chi connectivity index (χ4n) is 1.61. The minimum Gasteiger partial charge on any atom is -0.444 e. The number of amides is 1. The van der Waals surface area contributed by atoms with Crippen LogP contribution in [-0.4, -0.2) is 12.5 Å². The Labute approximate surface area is 108 Å². The maximum atomic E-state index is 12.2. The lowest BCUT2D eigenvalue weighted by molar-refractivity contribution is 0.0960. The van der Waals surface area contributed by atoms with Gasteiger partial charge in [0.05, 0.1) is 0 Å². The molecule has 0 saturated carbocycles. The molecule has 3 nitrogen and oxygen atoms in total. The zero-order valence-corrected chi connectivity index (χ0v) is 11.0. The predicted octanol–water partition coefficient (Wildman–Crippen LogP) is 3.71. The summed E-state index contributed by atoms with van der Waals surface area (Å²) >= 11 is 3.19. The molecule has 88 valence electrons. The maximum Gasteiger partial charge on any atom is 0.294 e. The monoisotopic (exact) mass is 293 g/mol. The van der Waals surface area contributed by atoms with Crippen LogP contribution in [0.5, 0.6) is 0 Å². The number of anilines is 1. The standard InChI is InChI=1S/C13H12BrNO2/c1-2-15(10-6-4-3-5-7-10)13(16)11-8-9-12(14)17-11/h3-9H,2H2,1H3. The predicted molar refractivity (Wildman–Crippen MR) is 70.2 cm³/mol. The second-order valence-corrected chi connectivity index (χ2v) is 4.27. The molecule has 17 heavy (non-hydrogen) atoms. The second-order valence-electron chi connectivity index (χ2n) is 3.49. The first-order chi connectivity index (χ1) is 8.22. The molecule has 0 atom stereocenters. The molecule has 4 heteroatoms. The highest BCUT2D eigenvalue weighted by Crippen LogP contribution is 2.20. The molecular weight excluding hydrogens is 282 g/mol. The normalized spacial score (nSPS) is 10.2. The van der Waals surface area contributed by atoms with Crippen molar-refractivity contribution in [1.29, 1.82) is 0 Å². The fraction of sp³-hybridized carbons (Fsp3) is 0.154. The lowest BCUT2D eigenvalue weighted by Gasteiger charge is -2.19. The summed E-state index contributed by atoms with van der Waals surface area (Å²) in [4.78, 5) is 13.9. The molecular formula is C13H12BrNO2. The van der Waals surface area contributed by atoms with Gasteiger partial charge in [-0.3, -0.25) is 4.79 Å². The lowest BCUT2D eigenvalue weighted by atomic mass is 10.2. The first kappa shape index (κ1) is 11.9. The van der Waals surface area contributed by atoms with Crippen LogP contribution >= 0.6 is 15.9 Å². The fourth-order valence-corrected chi connectivity index (χ4v) is 1.92. The van der Waals surface area contributed by atoms with Crippen LogP contribution in [0.15, 0.2) is 51.6 Å². The van der Waals surface area contributed by atoms with E-state index in [1.54, 1.807) is 17.0 Å². The average Bonchev–Trinajstić information content (AvgIpc) is 2.78. The van der Waals surface area contributed by atoms with Crippen molar-refractivity contribution in [1.82, 2.24) is 0 Å². The summed E-state index contributed by atoms with van der Waals surface area (Å²) in [5.74, 6) is 0.201. The van der Waals surface area contributed by atoms with E-state index in [1.807, 2.05) is 37.3 Å². The van der Waals surface area contributed by atoms with Gasteiger partial charge in [0.1, 0.15) is 0 Å². The van der Waals surface area contributed by atoms with Crippen LogP contribution in [0.4, 0.5) is 5.69 Å². The molecule has 2 rings (SSSR count). The number of nitrogens with zero attached hydrogens (tertiary/aromatic N) is 1. The second kappa shape index (κ2) is 5.19. The number of halogens is 1. The van der Waals surface area contributed by atoms with Crippen molar-refractivity contribution in [2.45, 2.75) is 6.92 Å². The Balaban J connectivity index is 2.28. The van der Waals surface area contributed by atoms with Crippen LogP contribution in [-0.2, 0) is 0 Å². The molecule has 0 fully saturated rings. The van der Waals surface area contributed by atoms with Gasteiger partial charge in [0.25, 0.3) is 5.91 Å². The smallest absolute Gasteiger partial charge is 0.294 e. The summed E-state index contributed by atoms with van der Waals surface area (Å²) in [5, 5.41) is 0. The first-order valence-corrected chi connectivity index (χ1v) is 6.14. The highest BCUT2D eigenvalue weighted by atomic mass is 79.9. The molecule has 1 amide bonds. The molecule has 1 aromatic heterocycles. The van der Waals surface area contributed by atoms with Gasteiger partial charge in [0.15, 0.2) is 10.4 Å². The molecule has 0 radical (unpaired) electrons. The van der Waals surface area contributed by atoms with E-state index in [2.05, 4.69) is 15.9 Å². The van der Waals surface area contributed by atoms with Gasteiger partial charge in [-0.15, -0.1) is 0 Å². The van der Waals surface area contributed by atoms with Crippen LogP contribution in [0.25, 0.3) is 0 Å². The molecule has 1 heterocycles. The molecule has 0 saturated heterocycles. The molecule has 0 bridgehead atoms. The number of para-hydroxylation sites is 1. The van der Waals surface area contributed by atoms with Gasteiger partial charge in [-0.2, -0.15) is 0 Å². The van der Waals surface area contributed by atoms with E-state index in [0.29, 0.717) is 17.0 Å². The minimum absolute atomic E-state index is 0.135. The Morgan fingerprint density at radius 2 is 1.94 bits per heavy atom. The van der Waals surface area contributed by atoms with Gasteiger partial charge in [-0.25, -0.2) is 0 Å². The van der Waals surface area contributed by atoms with Crippen LogP contribution in [0.1, 0.15) is 17.5 Å². The van der Waals surface area contributed by atoms with Crippen molar-refractivity contribution in [3.05, 3.63) is 52.9 Å². The Kier molecular flexibility index (Phi) is 3.64. The third kappa shape index (κ3) is 2.58. The number of hydrogen-bond donors (Lipinski definition) is 0. The Morgan fingerprint density at radius 1 is 1.24 bits per heavy atom. The number of hydrogen-bond acceptors (Lipinski definition) is 2. The molecule has 0 N–H and O–H groups in total. The molecule has 2 aromatic rings. The quantitative estimate of drug-likeness (QED) is 0.864. The highest BCUT2D eigenvalue weighted by Gasteiger charge is 2.18. The van der Waals surface area contributed by atoms with E-state index in [0.717, 1.165) is 5.69 Å². The first-order valence-electron chi connectivity index (χ1n) is 5.34. The van der Waals surface area contributed by atoms with Crippen LogP contribution < -0.4 is 4.90 Å². The maximum absolute atomic E-state index is 12.2. The molecule has 1 aromatic carbocycles. The van der Waals surface area contributed by atoms with E-state index >= 15 is 0 Å². The topological polar surface area (TPSA) is 33.5 Å². The Morgan fingerprint density at radius 3 is 2.47 bits per heavy atom. The number of furan rings is 1. The van der Waals surface area contributed by atoms with Crippen molar-refractivity contribution in [2.75, 3.05) is 11.4 Å². The van der Waals surface area contributed by atoms with E-state index in [1.165, 1.54) is 0 Å². The summed E-state index contributed by atoms with van der Waals surface area (Å²) < 4.78 is 5.84. The zero-order valence-electron chi connectivity index (χ0n) is 9.39. The zero-order chi connectivity index (χ0) is 12.3. The third-order valence-corrected chi connectivity index (χ3v) is 2.84. The van der Waals surface area contributed by atoms with Crippen molar-refractivity contribution in [3.8, 4) is 0 Å². The van der Waals surface area contributed by atoms with E-state index in [9.17, 15) is 4.79 Å². The van der Waals surface area contributed by atoms with E-state index in [4.69, 9.17) is 4.42 Å². The number of carbonyl (C=O) groups is 1. The highest BCUT2D eigenvalue weighted by molar-refractivity contribution is 9.10. The van der Waals surface area contributed by atoms with Gasteiger partial charge in [-0.05, 0) is 47.1 Å². The molecule has 0 aliphatic carbocycles. The van der Waals surface area contributed by atoms with E-state index < -0.39 is 0 Å². The summed E-state index contributed by atoms with van der Waals surface area (Å²) in [7, 11) is 0. The van der Waals surface area contributed by atoms with Crippen molar-refractivity contribution in [2.24, 2.45) is 0 Å². The lowest BCUT2D eigenvalue weighted by Crippen LogP contribution is -2.30. The van der Waals surface area contributed by atoms with Gasteiger partial charge >= 0.3 is 0 Å². The number of carbonyl (C=O) groups excluding carboxylic acids is 1. The largest absolute Gasteiger partial charge is 0.444 e. The van der Waals surface area contributed by atoms with Gasteiger partial charge in [0, 0.05) is 12.2 Å². The third-order valence-electron chi connectivity index (χ3n) is 2.41. The van der Waals surface area contributed by atoms with Crippen LogP contribution in [0, 0.1) is 0 Å². The van der Waals surface area contributed by atoms with Gasteiger partial charge in [-0.1, -0.05) is 18.2 Å². The Hall–Kier alpha value is -1.55. The average molecular weight is 294 g/mol. The summed E-state index contributed by atoms with van der Waals surface area (Å²) in [6, 6.07) is 12.9. The number of rotatable bonds is 3. The summed E-state index contributed by atoms with van der Waals surface area (Å²) in [6.07, 6.45) is 0. The van der Waals surface area contributed by atoms with Gasteiger partial charge in [0.2, 0.25) is 0 Å².